The number of hydrogen-bond donors (Lipinski definition) is 1. The first-order valence-electron chi connectivity index (χ1n) is 5.79. The standard InChI is InChI=1S/C14H17NO2/c1-3-16-14-9-11(2)6-7-13(14)15-10-12-5-4-8-17-12/h4-9,15H,3,10H2,1-2H3. The summed E-state index contributed by atoms with van der Waals surface area (Å²) in [6.07, 6.45) is 1.68. The van der Waals surface area contributed by atoms with Gasteiger partial charge < -0.3 is 14.5 Å². The SMILES string of the molecule is CCOc1cc(C)ccc1NCc1ccco1. The van der Waals surface area contributed by atoms with Crippen molar-refractivity contribution in [2.75, 3.05) is 11.9 Å². The molecule has 0 fully saturated rings. The third-order valence-electron chi connectivity index (χ3n) is 2.47. The fourth-order valence-corrected chi connectivity index (χ4v) is 1.65. The van der Waals surface area contributed by atoms with Gasteiger partial charge in [-0.2, -0.15) is 0 Å². The fourth-order valence-electron chi connectivity index (χ4n) is 1.65. The van der Waals surface area contributed by atoms with Gasteiger partial charge in [0.15, 0.2) is 0 Å². The molecule has 3 heteroatoms. The summed E-state index contributed by atoms with van der Waals surface area (Å²) in [6.45, 7) is 5.37. The van der Waals surface area contributed by atoms with Crippen LogP contribution in [0.5, 0.6) is 5.75 Å². The normalized spacial score (nSPS) is 10.2. The summed E-state index contributed by atoms with van der Waals surface area (Å²) in [5, 5.41) is 3.31. The molecule has 0 aliphatic carbocycles. The molecule has 0 aliphatic rings. The summed E-state index contributed by atoms with van der Waals surface area (Å²) >= 11 is 0. The highest BCUT2D eigenvalue weighted by Crippen LogP contribution is 2.26. The molecule has 1 heterocycles. The van der Waals surface area contributed by atoms with Crippen LogP contribution in [0, 0.1) is 6.92 Å². The number of rotatable bonds is 5. The molecule has 1 aromatic carbocycles. The van der Waals surface area contributed by atoms with Gasteiger partial charge in [0.25, 0.3) is 0 Å². The van der Waals surface area contributed by atoms with Gasteiger partial charge in [-0.15, -0.1) is 0 Å². The highest BCUT2D eigenvalue weighted by molar-refractivity contribution is 5.57. The number of ether oxygens (including phenoxy) is 1. The molecule has 0 atom stereocenters. The van der Waals surface area contributed by atoms with Crippen molar-refractivity contribution < 1.29 is 9.15 Å². The lowest BCUT2D eigenvalue weighted by molar-refractivity contribution is 0.341. The minimum Gasteiger partial charge on any atom is -0.492 e. The highest BCUT2D eigenvalue weighted by Gasteiger charge is 2.04. The van der Waals surface area contributed by atoms with Crippen molar-refractivity contribution in [3.63, 3.8) is 0 Å². The van der Waals surface area contributed by atoms with Gasteiger partial charge in [0, 0.05) is 0 Å². The zero-order valence-electron chi connectivity index (χ0n) is 10.2. The van der Waals surface area contributed by atoms with E-state index in [1.54, 1.807) is 6.26 Å². The van der Waals surface area contributed by atoms with E-state index in [1.165, 1.54) is 5.56 Å². The van der Waals surface area contributed by atoms with Gasteiger partial charge in [-0.1, -0.05) is 6.07 Å². The topological polar surface area (TPSA) is 34.4 Å². The van der Waals surface area contributed by atoms with Crippen molar-refractivity contribution >= 4 is 5.69 Å². The lowest BCUT2D eigenvalue weighted by atomic mass is 10.2. The number of benzene rings is 1. The molecule has 3 nitrogen and oxygen atoms in total. The second-order valence-corrected chi connectivity index (χ2v) is 3.87. The van der Waals surface area contributed by atoms with Crippen LogP contribution in [0.15, 0.2) is 41.0 Å². The van der Waals surface area contributed by atoms with Gasteiger partial charge in [0.2, 0.25) is 0 Å². The van der Waals surface area contributed by atoms with E-state index in [-0.39, 0.29) is 0 Å². The lowest BCUT2D eigenvalue weighted by Crippen LogP contribution is -2.02. The van der Waals surface area contributed by atoms with Crippen LogP contribution < -0.4 is 10.1 Å². The molecule has 2 rings (SSSR count). The molecule has 0 saturated heterocycles. The number of furan rings is 1. The second-order valence-electron chi connectivity index (χ2n) is 3.87. The van der Waals surface area contributed by atoms with Crippen LogP contribution in [0.25, 0.3) is 0 Å². The number of anilines is 1. The van der Waals surface area contributed by atoms with Gasteiger partial charge in [-0.25, -0.2) is 0 Å². The van der Waals surface area contributed by atoms with E-state index < -0.39 is 0 Å². The van der Waals surface area contributed by atoms with Crippen LogP contribution >= 0.6 is 0 Å². The number of hydrogen-bond acceptors (Lipinski definition) is 3. The van der Waals surface area contributed by atoms with Crippen molar-refractivity contribution in [2.45, 2.75) is 20.4 Å². The van der Waals surface area contributed by atoms with E-state index in [0.29, 0.717) is 13.2 Å². The highest BCUT2D eigenvalue weighted by atomic mass is 16.5. The molecule has 0 unspecified atom stereocenters. The van der Waals surface area contributed by atoms with Crippen molar-refractivity contribution in [1.29, 1.82) is 0 Å². The minimum absolute atomic E-state index is 0.663. The van der Waals surface area contributed by atoms with Crippen molar-refractivity contribution in [3.05, 3.63) is 47.9 Å². The molecule has 0 aliphatic heterocycles. The van der Waals surface area contributed by atoms with Gasteiger partial charge in [0.1, 0.15) is 11.5 Å². The first-order chi connectivity index (χ1) is 8.29. The summed E-state index contributed by atoms with van der Waals surface area (Å²) in [5.41, 5.74) is 2.19. The Morgan fingerprint density at radius 2 is 2.18 bits per heavy atom. The van der Waals surface area contributed by atoms with Gasteiger partial charge in [-0.05, 0) is 43.7 Å². The molecule has 90 valence electrons. The molecule has 1 N–H and O–H groups in total. The Balaban J connectivity index is 2.08. The quantitative estimate of drug-likeness (QED) is 0.853. The maximum absolute atomic E-state index is 5.59. The van der Waals surface area contributed by atoms with Crippen LogP contribution in [0.1, 0.15) is 18.2 Å². The summed E-state index contributed by atoms with van der Waals surface area (Å²) in [4.78, 5) is 0. The van der Waals surface area contributed by atoms with Gasteiger partial charge in [-0.3, -0.25) is 0 Å². The smallest absolute Gasteiger partial charge is 0.142 e. The summed E-state index contributed by atoms with van der Waals surface area (Å²) < 4.78 is 10.9. The summed E-state index contributed by atoms with van der Waals surface area (Å²) in [5.74, 6) is 1.80. The Labute approximate surface area is 101 Å². The monoisotopic (exact) mass is 231 g/mol. The van der Waals surface area contributed by atoms with E-state index >= 15 is 0 Å². The zero-order valence-corrected chi connectivity index (χ0v) is 10.2. The number of aryl methyl sites for hydroxylation is 1. The number of nitrogens with one attached hydrogen (secondary N) is 1. The van der Waals surface area contributed by atoms with Crippen molar-refractivity contribution in [2.24, 2.45) is 0 Å². The van der Waals surface area contributed by atoms with E-state index in [1.807, 2.05) is 31.2 Å². The molecule has 0 radical (unpaired) electrons. The van der Waals surface area contributed by atoms with Gasteiger partial charge >= 0.3 is 0 Å². The minimum atomic E-state index is 0.663. The summed E-state index contributed by atoms with van der Waals surface area (Å²) in [7, 11) is 0. The molecule has 1 aromatic heterocycles. The Morgan fingerprint density at radius 3 is 2.88 bits per heavy atom. The second kappa shape index (κ2) is 5.43. The van der Waals surface area contributed by atoms with Crippen molar-refractivity contribution in [1.82, 2.24) is 0 Å². The first-order valence-corrected chi connectivity index (χ1v) is 5.79. The zero-order chi connectivity index (χ0) is 12.1. The van der Waals surface area contributed by atoms with Crippen LogP contribution in [-0.2, 0) is 6.54 Å². The van der Waals surface area contributed by atoms with Crippen LogP contribution in [0.3, 0.4) is 0 Å². The third kappa shape index (κ3) is 3.03. The first kappa shape index (κ1) is 11.6. The molecule has 0 saturated carbocycles. The Hall–Kier alpha value is -1.90. The third-order valence-corrected chi connectivity index (χ3v) is 2.47. The molecule has 0 spiro atoms. The average Bonchev–Trinajstić information content (AvgIpc) is 2.81. The Kier molecular flexibility index (Phi) is 3.70. The molecule has 0 amide bonds. The van der Waals surface area contributed by atoms with Crippen molar-refractivity contribution in [3.8, 4) is 5.75 Å². The molecule has 0 bridgehead atoms. The summed E-state index contributed by atoms with van der Waals surface area (Å²) in [6, 6.07) is 9.96. The Bertz CT molecular complexity index is 463. The Morgan fingerprint density at radius 1 is 1.29 bits per heavy atom. The van der Waals surface area contributed by atoms with E-state index in [9.17, 15) is 0 Å². The lowest BCUT2D eigenvalue weighted by Gasteiger charge is -2.12. The maximum Gasteiger partial charge on any atom is 0.142 e. The molecule has 17 heavy (non-hydrogen) atoms. The molecular weight excluding hydrogens is 214 g/mol. The van der Waals surface area contributed by atoms with Crippen LogP contribution in [-0.4, -0.2) is 6.61 Å². The predicted octanol–water partition coefficient (Wildman–Crippen LogP) is 3.60. The predicted molar refractivity (Wildman–Crippen MR) is 68.4 cm³/mol. The van der Waals surface area contributed by atoms with Crippen LogP contribution in [0.4, 0.5) is 5.69 Å². The average molecular weight is 231 g/mol. The van der Waals surface area contributed by atoms with E-state index in [0.717, 1.165) is 17.2 Å². The van der Waals surface area contributed by atoms with Crippen LogP contribution in [0.2, 0.25) is 0 Å². The molecule has 2 aromatic rings. The molecular formula is C14H17NO2. The maximum atomic E-state index is 5.59. The van der Waals surface area contributed by atoms with Gasteiger partial charge in [0.05, 0.1) is 25.1 Å². The largest absolute Gasteiger partial charge is 0.492 e. The van der Waals surface area contributed by atoms with E-state index in [2.05, 4.69) is 18.3 Å². The fraction of sp³-hybridized carbons (Fsp3) is 0.286. The van der Waals surface area contributed by atoms with E-state index in [4.69, 9.17) is 9.15 Å².